The molecule has 22 heavy (non-hydrogen) atoms. The van der Waals surface area contributed by atoms with Gasteiger partial charge in [-0.05, 0) is 0 Å². The maximum absolute atomic E-state index is 12.9. The fourth-order valence-electron chi connectivity index (χ4n) is 1.38. The Bertz CT molecular complexity index is 598. The van der Waals surface area contributed by atoms with Gasteiger partial charge in [-0.25, -0.2) is 9.37 Å². The Hall–Kier alpha value is -1.82. The van der Waals surface area contributed by atoms with Crippen molar-refractivity contribution in [3.8, 4) is 0 Å². The zero-order valence-corrected chi connectivity index (χ0v) is 12.7. The van der Waals surface area contributed by atoms with Crippen LogP contribution < -0.4 is 16.1 Å². The van der Waals surface area contributed by atoms with E-state index in [0.717, 1.165) is 11.3 Å². The number of anilines is 1. The Morgan fingerprint density at radius 2 is 2.45 bits per heavy atom. The largest absolute Gasteiger partial charge is 0.398 e. The number of carbonyl (C=O) groups excluding carboxylic acids is 2. The summed E-state index contributed by atoms with van der Waals surface area (Å²) in [4.78, 5) is 36.1. The number of aromatic nitrogens is 1. The molecule has 1 aliphatic rings. The molecule has 2 unspecified atom stereocenters. The van der Waals surface area contributed by atoms with Gasteiger partial charge in [0.15, 0.2) is 17.0 Å². The molecule has 0 spiro atoms. The van der Waals surface area contributed by atoms with Gasteiger partial charge in [-0.15, -0.1) is 22.9 Å². The minimum atomic E-state index is -1.65. The summed E-state index contributed by atoms with van der Waals surface area (Å²) in [6, 6.07) is 0. The van der Waals surface area contributed by atoms with Crippen LogP contribution in [0, 0.1) is 0 Å². The van der Waals surface area contributed by atoms with E-state index < -0.39 is 24.3 Å². The Kier molecular flexibility index (Phi) is 5.60. The first-order valence-electron chi connectivity index (χ1n) is 5.84. The van der Waals surface area contributed by atoms with E-state index in [1.54, 1.807) is 0 Å². The molecule has 120 valence electrons. The van der Waals surface area contributed by atoms with Crippen LogP contribution in [0.4, 0.5) is 9.52 Å². The summed E-state index contributed by atoms with van der Waals surface area (Å²) in [6.07, 6.45) is -2.63. The quantitative estimate of drug-likeness (QED) is 0.376. The van der Waals surface area contributed by atoms with Gasteiger partial charge in [-0.1, -0.05) is 5.16 Å². The van der Waals surface area contributed by atoms with E-state index in [4.69, 9.17) is 11.6 Å². The Morgan fingerprint density at radius 3 is 3.00 bits per heavy atom. The van der Waals surface area contributed by atoms with Gasteiger partial charge in [0.05, 0.1) is 0 Å². The highest BCUT2D eigenvalue weighted by Crippen LogP contribution is 2.17. The molecule has 1 aromatic rings. The number of hydroxylamine groups is 1. The number of hydrogen-bond acceptors (Lipinski definition) is 8. The second-order valence-electron chi connectivity index (χ2n) is 3.88. The second-order valence-corrected chi connectivity index (χ2v) is 5.01. The highest BCUT2D eigenvalue weighted by molar-refractivity contribution is 7.14. The van der Waals surface area contributed by atoms with Crippen LogP contribution in [0.1, 0.15) is 5.69 Å². The van der Waals surface area contributed by atoms with Gasteiger partial charge in [0.2, 0.25) is 5.91 Å². The summed E-state index contributed by atoms with van der Waals surface area (Å²) >= 11 is 6.44. The van der Waals surface area contributed by atoms with Crippen molar-refractivity contribution in [1.29, 1.82) is 0 Å². The van der Waals surface area contributed by atoms with Gasteiger partial charge in [0.1, 0.15) is 18.7 Å². The summed E-state index contributed by atoms with van der Waals surface area (Å²) in [6.45, 7) is 0. The monoisotopic (exact) mass is 351 g/mol. The molecule has 12 heteroatoms. The van der Waals surface area contributed by atoms with Crippen LogP contribution in [0.15, 0.2) is 10.5 Å². The summed E-state index contributed by atoms with van der Waals surface area (Å²) < 4.78 is 12.9. The van der Waals surface area contributed by atoms with E-state index in [2.05, 4.69) is 35.9 Å². The first-order chi connectivity index (χ1) is 10.5. The molecule has 2 rings (SSSR count). The van der Waals surface area contributed by atoms with Crippen LogP contribution in [-0.2, 0) is 19.3 Å². The van der Waals surface area contributed by atoms with Crippen molar-refractivity contribution >= 4 is 45.6 Å². The third kappa shape index (κ3) is 3.88. The fraction of sp³-hybridized carbons (Fsp3) is 0.400. The summed E-state index contributed by atoms with van der Waals surface area (Å²) in [5.41, 5.74) is 2.20. The maximum atomic E-state index is 12.9. The molecule has 1 fully saturated rings. The van der Waals surface area contributed by atoms with Gasteiger partial charge in [-0.2, -0.15) is 5.48 Å². The maximum Gasteiger partial charge on any atom is 0.277 e. The fourth-order valence-corrected chi connectivity index (χ4v) is 2.16. The van der Waals surface area contributed by atoms with E-state index in [1.165, 1.54) is 12.5 Å². The van der Waals surface area contributed by atoms with E-state index in [1.807, 2.05) is 0 Å². The van der Waals surface area contributed by atoms with Crippen LogP contribution in [0.5, 0.6) is 0 Å². The number of halogens is 2. The van der Waals surface area contributed by atoms with E-state index in [0.29, 0.717) is 0 Å². The molecule has 2 heterocycles. The Morgan fingerprint density at radius 1 is 1.68 bits per heavy atom. The predicted molar refractivity (Wildman–Crippen MR) is 76.1 cm³/mol. The zero-order valence-electron chi connectivity index (χ0n) is 11.1. The molecule has 0 saturated carbocycles. The number of nitrogens with one attached hydrogen (secondary N) is 3. The Balaban J connectivity index is 2.09. The van der Waals surface area contributed by atoms with Crippen molar-refractivity contribution in [1.82, 2.24) is 15.8 Å². The van der Waals surface area contributed by atoms with Crippen LogP contribution in [0.3, 0.4) is 0 Å². The molecule has 2 atom stereocenters. The van der Waals surface area contributed by atoms with Crippen LogP contribution >= 0.6 is 22.9 Å². The van der Waals surface area contributed by atoms with Crippen LogP contribution in [0.25, 0.3) is 0 Å². The standard InChI is InChI=1S/C10H11ClFN5O4S/c1-20-16-6(9(19)15-8-7(12)21-17-8)4-3-22-10(13-4)14-5(18)2-11/h3,7-8,17H,2H2,1H3,(H,15,19)(H,13,14,18). The molecule has 1 saturated heterocycles. The van der Waals surface area contributed by atoms with E-state index in [9.17, 15) is 14.0 Å². The lowest BCUT2D eigenvalue weighted by atomic mass is 10.2. The highest BCUT2D eigenvalue weighted by atomic mass is 35.5. The number of thiazole rings is 1. The molecule has 1 aliphatic heterocycles. The van der Waals surface area contributed by atoms with Gasteiger partial charge in [0, 0.05) is 5.38 Å². The van der Waals surface area contributed by atoms with Gasteiger partial charge in [-0.3, -0.25) is 14.4 Å². The first kappa shape index (κ1) is 16.5. The summed E-state index contributed by atoms with van der Waals surface area (Å²) in [5.74, 6) is -1.38. The SMILES string of the molecule is CON=C(C(=O)NC1NOC1F)c1csc(NC(=O)CCl)n1. The van der Waals surface area contributed by atoms with Crippen LogP contribution in [-0.4, -0.2) is 48.0 Å². The minimum Gasteiger partial charge on any atom is -0.398 e. The van der Waals surface area contributed by atoms with Gasteiger partial charge in [0.25, 0.3) is 12.3 Å². The average Bonchev–Trinajstić information content (AvgIpc) is 2.96. The number of alkyl halides is 2. The average molecular weight is 352 g/mol. The van der Waals surface area contributed by atoms with Crippen molar-refractivity contribution < 1.29 is 23.7 Å². The Labute approximate surface area is 132 Å². The smallest absolute Gasteiger partial charge is 0.277 e. The molecular weight excluding hydrogens is 341 g/mol. The predicted octanol–water partition coefficient (Wildman–Crippen LogP) is -0.0564. The lowest BCUT2D eigenvalue weighted by Gasteiger charge is -2.31. The normalized spacial score (nSPS) is 21.0. The molecule has 0 aromatic carbocycles. The molecule has 1 aromatic heterocycles. The molecule has 0 radical (unpaired) electrons. The number of oxime groups is 1. The molecule has 3 N–H and O–H groups in total. The number of hydrogen-bond donors (Lipinski definition) is 3. The lowest BCUT2D eigenvalue weighted by molar-refractivity contribution is -0.237. The summed E-state index contributed by atoms with van der Waals surface area (Å²) in [5, 5.41) is 10.0. The second kappa shape index (κ2) is 7.45. The molecule has 0 aliphatic carbocycles. The third-order valence-corrected chi connectivity index (χ3v) is 3.37. The number of nitrogens with zero attached hydrogens (tertiary/aromatic N) is 2. The number of carbonyl (C=O) groups is 2. The van der Waals surface area contributed by atoms with Crippen molar-refractivity contribution in [3.63, 3.8) is 0 Å². The number of amides is 2. The third-order valence-electron chi connectivity index (χ3n) is 2.37. The number of rotatable bonds is 6. The molecule has 2 amide bonds. The van der Waals surface area contributed by atoms with Crippen molar-refractivity contribution in [2.45, 2.75) is 12.5 Å². The van der Waals surface area contributed by atoms with E-state index in [-0.39, 0.29) is 22.4 Å². The summed E-state index contributed by atoms with van der Waals surface area (Å²) in [7, 11) is 1.25. The van der Waals surface area contributed by atoms with E-state index >= 15 is 0 Å². The first-order valence-corrected chi connectivity index (χ1v) is 7.25. The minimum absolute atomic E-state index is 0.157. The van der Waals surface area contributed by atoms with Gasteiger partial charge >= 0.3 is 0 Å². The van der Waals surface area contributed by atoms with Crippen molar-refractivity contribution in [2.75, 3.05) is 18.3 Å². The molecule has 0 bridgehead atoms. The zero-order chi connectivity index (χ0) is 16.1. The lowest BCUT2D eigenvalue weighted by Crippen LogP contribution is -2.63. The van der Waals surface area contributed by atoms with Gasteiger partial charge < -0.3 is 15.5 Å². The van der Waals surface area contributed by atoms with Crippen LogP contribution in [0.2, 0.25) is 0 Å². The molecular formula is C10H11ClFN5O4S. The topological polar surface area (TPSA) is 114 Å². The molecule has 9 nitrogen and oxygen atoms in total. The van der Waals surface area contributed by atoms with Crippen molar-refractivity contribution in [3.05, 3.63) is 11.1 Å². The highest BCUT2D eigenvalue weighted by Gasteiger charge is 2.35. The van der Waals surface area contributed by atoms with Crippen molar-refractivity contribution in [2.24, 2.45) is 5.16 Å².